The molecule has 0 unspecified atom stereocenters. The van der Waals surface area contributed by atoms with Crippen molar-refractivity contribution in [3.8, 4) is 0 Å². The molecule has 0 spiro atoms. The largest absolute Gasteiger partial charge is 0.458 e. The second kappa shape index (κ2) is 19.5. The van der Waals surface area contributed by atoms with Crippen molar-refractivity contribution in [2.45, 2.75) is 106 Å². The van der Waals surface area contributed by atoms with E-state index in [-0.39, 0.29) is 12.6 Å². The Morgan fingerprint density at radius 2 is 0.969 bits per heavy atom. The van der Waals surface area contributed by atoms with E-state index in [1.165, 1.54) is 34.3 Å². The Morgan fingerprint density at radius 3 is 1.41 bits per heavy atom. The first-order valence-electron chi connectivity index (χ1n) is 12.1. The number of esters is 1. The number of hydrogen-bond donors (Lipinski definition) is 0. The molecule has 0 aromatic rings. The molecule has 0 N–H and O–H groups in total. The van der Waals surface area contributed by atoms with Crippen LogP contribution in [0.2, 0.25) is 0 Å². The molecule has 0 heterocycles. The summed E-state index contributed by atoms with van der Waals surface area (Å²) in [6.45, 7) is 12.9. The van der Waals surface area contributed by atoms with E-state index in [0.29, 0.717) is 19.1 Å². The molecule has 0 radical (unpaired) electrons. The summed E-state index contributed by atoms with van der Waals surface area (Å²) in [5.41, 5.74) is 6.99. The number of rotatable bonds is 17. The summed E-state index contributed by atoms with van der Waals surface area (Å²) in [4.78, 5) is 21.6. The summed E-state index contributed by atoms with van der Waals surface area (Å²) in [5, 5.41) is 0. The van der Waals surface area contributed by atoms with Crippen molar-refractivity contribution in [1.29, 1.82) is 0 Å². The molecule has 0 rings (SSSR count). The molecule has 0 aliphatic rings. The second-order valence-corrected chi connectivity index (χ2v) is 9.03. The third-order valence-corrected chi connectivity index (χ3v) is 5.34. The molecule has 0 aliphatic heterocycles. The zero-order chi connectivity index (χ0) is 24.2. The van der Waals surface area contributed by atoms with Gasteiger partial charge in [0.05, 0.1) is 0 Å². The third-order valence-electron chi connectivity index (χ3n) is 5.34. The lowest BCUT2D eigenvalue weighted by atomic mass is 10.0. The molecule has 0 saturated carbocycles. The van der Waals surface area contributed by atoms with Crippen LogP contribution in [-0.2, 0) is 14.3 Å². The fourth-order valence-electron chi connectivity index (χ4n) is 3.25. The molecule has 0 aliphatic carbocycles. The van der Waals surface area contributed by atoms with Crippen LogP contribution in [-0.4, -0.2) is 18.9 Å². The van der Waals surface area contributed by atoms with Gasteiger partial charge in [-0.1, -0.05) is 58.2 Å². The van der Waals surface area contributed by atoms with Crippen LogP contribution in [0.4, 0.5) is 0 Å². The molecular weight excluding hydrogens is 396 g/mol. The van der Waals surface area contributed by atoms with Crippen molar-refractivity contribution in [2.24, 2.45) is 0 Å². The lowest BCUT2D eigenvalue weighted by Crippen LogP contribution is -2.06. The van der Waals surface area contributed by atoms with Gasteiger partial charge in [-0.2, -0.15) is 0 Å². The summed E-state index contributed by atoms with van der Waals surface area (Å²) >= 11 is 0. The number of unbranched alkanes of at least 4 members (excludes halogenated alkanes) is 1. The zero-order valence-corrected chi connectivity index (χ0v) is 21.5. The minimum atomic E-state index is -0.310. The Morgan fingerprint density at radius 1 is 0.562 bits per heavy atom. The maximum absolute atomic E-state index is 11.4. The highest BCUT2D eigenvalue weighted by Gasteiger charge is 2.02. The van der Waals surface area contributed by atoms with Crippen LogP contribution in [0.15, 0.2) is 58.2 Å². The summed E-state index contributed by atoms with van der Waals surface area (Å²) < 4.78 is 4.76. The summed E-state index contributed by atoms with van der Waals surface area (Å²) in [7, 11) is 0. The highest BCUT2D eigenvalue weighted by Crippen LogP contribution is 2.14. The van der Waals surface area contributed by atoms with E-state index in [1.54, 1.807) is 0 Å². The van der Waals surface area contributed by atoms with Crippen molar-refractivity contribution >= 4 is 12.3 Å². The zero-order valence-electron chi connectivity index (χ0n) is 21.5. The van der Waals surface area contributed by atoms with Gasteiger partial charge in [-0.3, -0.25) is 9.59 Å². The average Bonchev–Trinajstić information content (AvgIpc) is 2.73. The molecule has 0 aromatic carbocycles. The second-order valence-electron chi connectivity index (χ2n) is 9.03. The fraction of sp³-hybridized carbons (Fsp3) is 0.586. The average molecular weight is 443 g/mol. The monoisotopic (exact) mass is 442 g/mol. The molecule has 0 fully saturated rings. The Bertz CT molecular complexity index is 698. The maximum atomic E-state index is 11.4. The van der Waals surface area contributed by atoms with Crippen LogP contribution in [0.1, 0.15) is 106 Å². The minimum absolute atomic E-state index is 0.145. The van der Waals surface area contributed by atoms with E-state index in [9.17, 15) is 9.59 Å². The standard InChI is InChI=1S/C29H46O3/c1-24(2)12-9-15-27(5)18-10-16-25(3)13-7-8-14-26(4)17-11-19-28(6)20-21-29(31)32-23-22-30/h12-14,18-19,22H,7-11,15-17,20-21,23H2,1-6H3/b25-13+,26-14+,27-18-,28-19+. The highest BCUT2D eigenvalue weighted by atomic mass is 16.5. The number of ether oxygens (including phenoxy) is 1. The van der Waals surface area contributed by atoms with Gasteiger partial charge in [-0.15, -0.1) is 0 Å². The SMILES string of the molecule is CC(C)=CCC/C(C)=C\CC/C(C)=C/CC/C=C(\C)CC/C=C(\C)CCC(=O)OCC=O. The van der Waals surface area contributed by atoms with E-state index in [0.717, 1.165) is 44.9 Å². The molecule has 0 saturated heterocycles. The van der Waals surface area contributed by atoms with E-state index in [2.05, 4.69) is 65.0 Å². The minimum Gasteiger partial charge on any atom is -0.458 e. The van der Waals surface area contributed by atoms with Crippen LogP contribution in [0.25, 0.3) is 0 Å². The third kappa shape index (κ3) is 19.8. The predicted molar refractivity (Wildman–Crippen MR) is 138 cm³/mol. The van der Waals surface area contributed by atoms with Gasteiger partial charge in [0, 0.05) is 6.42 Å². The number of carbonyl (C=O) groups is 2. The molecule has 32 heavy (non-hydrogen) atoms. The number of hydrogen-bond acceptors (Lipinski definition) is 3. The first-order chi connectivity index (χ1) is 15.2. The summed E-state index contributed by atoms with van der Waals surface area (Å²) in [6.07, 6.45) is 22.1. The molecule has 0 bridgehead atoms. The first-order valence-corrected chi connectivity index (χ1v) is 12.1. The fourth-order valence-corrected chi connectivity index (χ4v) is 3.25. The normalized spacial score (nSPS) is 13.2. The lowest BCUT2D eigenvalue weighted by Gasteiger charge is -2.03. The Labute approximate surface area is 197 Å². The van der Waals surface area contributed by atoms with E-state index >= 15 is 0 Å². The van der Waals surface area contributed by atoms with Crippen LogP contribution in [0.3, 0.4) is 0 Å². The topological polar surface area (TPSA) is 43.4 Å². The number of aldehydes is 1. The van der Waals surface area contributed by atoms with Gasteiger partial charge in [-0.05, 0) is 99.3 Å². The lowest BCUT2D eigenvalue weighted by molar-refractivity contribution is -0.145. The van der Waals surface area contributed by atoms with Crippen LogP contribution in [0, 0.1) is 0 Å². The summed E-state index contributed by atoms with van der Waals surface area (Å²) in [5.74, 6) is -0.310. The molecule has 180 valence electrons. The van der Waals surface area contributed by atoms with Gasteiger partial charge >= 0.3 is 5.97 Å². The molecule has 0 amide bonds. The van der Waals surface area contributed by atoms with Crippen molar-refractivity contribution < 1.29 is 14.3 Å². The predicted octanol–water partition coefficient (Wildman–Crippen LogP) is 8.38. The highest BCUT2D eigenvalue weighted by molar-refractivity contribution is 5.71. The molecule has 3 nitrogen and oxygen atoms in total. The van der Waals surface area contributed by atoms with E-state index in [4.69, 9.17) is 4.74 Å². The maximum Gasteiger partial charge on any atom is 0.306 e. The van der Waals surface area contributed by atoms with Crippen LogP contribution < -0.4 is 0 Å². The molecule has 0 atom stereocenters. The molecular formula is C29H46O3. The smallest absolute Gasteiger partial charge is 0.306 e. The van der Waals surface area contributed by atoms with Gasteiger partial charge < -0.3 is 4.74 Å². The van der Waals surface area contributed by atoms with Crippen molar-refractivity contribution in [2.75, 3.05) is 6.61 Å². The Balaban J connectivity index is 4.06. The first kappa shape index (κ1) is 29.8. The van der Waals surface area contributed by atoms with Gasteiger partial charge in [-0.25, -0.2) is 0 Å². The number of carbonyl (C=O) groups excluding carboxylic acids is 2. The summed E-state index contributed by atoms with van der Waals surface area (Å²) in [6, 6.07) is 0. The van der Waals surface area contributed by atoms with Gasteiger partial charge in [0.15, 0.2) is 6.29 Å². The number of allylic oxidation sites excluding steroid dienone is 10. The van der Waals surface area contributed by atoms with Gasteiger partial charge in [0.1, 0.15) is 6.61 Å². The van der Waals surface area contributed by atoms with Crippen molar-refractivity contribution in [3.63, 3.8) is 0 Å². The molecule has 3 heteroatoms. The van der Waals surface area contributed by atoms with E-state index < -0.39 is 0 Å². The Hall–Kier alpha value is -2.16. The Kier molecular flexibility index (Phi) is 18.2. The quantitative estimate of drug-likeness (QED) is 0.0983. The van der Waals surface area contributed by atoms with Gasteiger partial charge in [0.25, 0.3) is 0 Å². The van der Waals surface area contributed by atoms with Crippen molar-refractivity contribution in [1.82, 2.24) is 0 Å². The van der Waals surface area contributed by atoms with E-state index in [1.807, 2.05) is 6.92 Å². The van der Waals surface area contributed by atoms with Crippen molar-refractivity contribution in [3.05, 3.63) is 58.2 Å². The van der Waals surface area contributed by atoms with Crippen LogP contribution >= 0.6 is 0 Å². The van der Waals surface area contributed by atoms with Crippen LogP contribution in [0.5, 0.6) is 0 Å². The van der Waals surface area contributed by atoms with Gasteiger partial charge in [0.2, 0.25) is 0 Å². The molecule has 0 aromatic heterocycles.